The lowest BCUT2D eigenvalue weighted by Crippen LogP contribution is -2.05. The van der Waals surface area contributed by atoms with Crippen molar-refractivity contribution in [2.24, 2.45) is 0 Å². The van der Waals surface area contributed by atoms with Gasteiger partial charge in [-0.15, -0.1) is 0 Å². The maximum absolute atomic E-state index is 12.0. The van der Waals surface area contributed by atoms with Crippen LogP contribution in [0.4, 0.5) is 0 Å². The van der Waals surface area contributed by atoms with Crippen molar-refractivity contribution in [3.63, 3.8) is 0 Å². The molecule has 0 saturated heterocycles. The zero-order valence-corrected chi connectivity index (χ0v) is 17.1. The molecule has 0 fully saturated rings. The zero-order valence-electron chi connectivity index (χ0n) is 17.1. The van der Waals surface area contributed by atoms with Gasteiger partial charge in [0, 0.05) is 41.0 Å². The van der Waals surface area contributed by atoms with E-state index in [2.05, 4.69) is 23.9 Å². The number of ether oxygens (including phenoxy) is 1. The highest BCUT2D eigenvalue weighted by Gasteiger charge is 2.20. The Hall–Kier alpha value is -3.02. The summed E-state index contributed by atoms with van der Waals surface area (Å²) < 4.78 is 6.97. The Morgan fingerprint density at radius 2 is 2.11 bits per heavy atom. The van der Waals surface area contributed by atoms with E-state index in [9.17, 15) is 4.79 Å². The van der Waals surface area contributed by atoms with Crippen LogP contribution < -0.4 is 0 Å². The number of aromatic nitrogens is 4. The van der Waals surface area contributed by atoms with Crippen LogP contribution in [0.5, 0.6) is 0 Å². The standard InChI is InChI=1S/C22H26N4O2/c1-6-26-22-18(13-24-26)20(16-10-11-23-15(5)12-16)17(21(25-22)14(3)4)8-9-19(27)28-7-2/h8-14H,6-7H2,1-5H3. The number of hydrogen-bond acceptors (Lipinski definition) is 5. The number of pyridine rings is 2. The molecule has 146 valence electrons. The van der Waals surface area contributed by atoms with Gasteiger partial charge < -0.3 is 4.74 Å². The molecule has 0 spiro atoms. The summed E-state index contributed by atoms with van der Waals surface area (Å²) in [5.74, 6) is -0.188. The summed E-state index contributed by atoms with van der Waals surface area (Å²) in [6.45, 7) is 11.1. The number of esters is 1. The topological polar surface area (TPSA) is 69.9 Å². The first-order chi connectivity index (χ1) is 13.5. The van der Waals surface area contributed by atoms with Gasteiger partial charge >= 0.3 is 5.97 Å². The molecule has 3 rings (SSSR count). The van der Waals surface area contributed by atoms with Gasteiger partial charge in [-0.1, -0.05) is 13.8 Å². The van der Waals surface area contributed by atoms with Gasteiger partial charge in [0.1, 0.15) is 0 Å². The Labute approximate surface area is 165 Å². The van der Waals surface area contributed by atoms with Crippen LogP contribution in [-0.2, 0) is 16.1 Å². The molecule has 0 aliphatic rings. The van der Waals surface area contributed by atoms with Crippen LogP contribution in [0.2, 0.25) is 0 Å². The van der Waals surface area contributed by atoms with Crippen LogP contribution in [0.15, 0.2) is 30.6 Å². The minimum Gasteiger partial charge on any atom is -0.463 e. The normalized spacial score (nSPS) is 11.6. The van der Waals surface area contributed by atoms with E-state index in [0.717, 1.165) is 45.7 Å². The lowest BCUT2D eigenvalue weighted by atomic mass is 9.92. The Morgan fingerprint density at radius 1 is 1.32 bits per heavy atom. The second-order valence-corrected chi connectivity index (χ2v) is 6.91. The van der Waals surface area contributed by atoms with E-state index >= 15 is 0 Å². The van der Waals surface area contributed by atoms with Crippen molar-refractivity contribution in [1.29, 1.82) is 0 Å². The van der Waals surface area contributed by atoms with Gasteiger partial charge in [0.15, 0.2) is 5.65 Å². The molecule has 0 aliphatic heterocycles. The van der Waals surface area contributed by atoms with Gasteiger partial charge in [-0.3, -0.25) is 4.98 Å². The van der Waals surface area contributed by atoms with E-state index in [0.29, 0.717) is 6.61 Å². The van der Waals surface area contributed by atoms with Gasteiger partial charge in [0.25, 0.3) is 0 Å². The molecule has 3 aromatic rings. The van der Waals surface area contributed by atoms with E-state index in [-0.39, 0.29) is 11.9 Å². The van der Waals surface area contributed by atoms with Crippen LogP contribution >= 0.6 is 0 Å². The lowest BCUT2D eigenvalue weighted by Gasteiger charge is -2.16. The number of aryl methyl sites for hydroxylation is 2. The zero-order chi connectivity index (χ0) is 20.3. The average Bonchev–Trinajstić information content (AvgIpc) is 3.08. The van der Waals surface area contributed by atoms with Crippen molar-refractivity contribution in [2.75, 3.05) is 6.61 Å². The quantitative estimate of drug-likeness (QED) is 0.466. The van der Waals surface area contributed by atoms with E-state index < -0.39 is 0 Å². The second-order valence-electron chi connectivity index (χ2n) is 6.91. The molecule has 3 heterocycles. The molecule has 0 bridgehead atoms. The Bertz CT molecular complexity index is 1030. The average molecular weight is 378 g/mol. The molecule has 0 unspecified atom stereocenters. The molecule has 0 aromatic carbocycles. The fraction of sp³-hybridized carbons (Fsp3) is 0.364. The number of hydrogen-bond donors (Lipinski definition) is 0. The van der Waals surface area contributed by atoms with Gasteiger partial charge in [0.2, 0.25) is 0 Å². The van der Waals surface area contributed by atoms with Crippen molar-refractivity contribution < 1.29 is 9.53 Å². The molecule has 0 saturated carbocycles. The number of carbonyl (C=O) groups excluding carboxylic acids is 1. The fourth-order valence-electron chi connectivity index (χ4n) is 3.31. The third-order valence-corrected chi connectivity index (χ3v) is 4.56. The first-order valence-electron chi connectivity index (χ1n) is 9.63. The molecule has 6 heteroatoms. The predicted octanol–water partition coefficient (Wildman–Crippen LogP) is 4.52. The summed E-state index contributed by atoms with van der Waals surface area (Å²) in [5, 5.41) is 5.47. The van der Waals surface area contributed by atoms with Crippen molar-refractivity contribution in [1.82, 2.24) is 19.7 Å². The van der Waals surface area contributed by atoms with Crippen LogP contribution in [-0.4, -0.2) is 32.3 Å². The fourth-order valence-corrected chi connectivity index (χ4v) is 3.31. The molecular formula is C22H26N4O2. The summed E-state index contributed by atoms with van der Waals surface area (Å²) >= 11 is 0. The van der Waals surface area contributed by atoms with Gasteiger partial charge in [0.05, 0.1) is 18.5 Å². The first kappa shape index (κ1) is 19.7. The first-order valence-corrected chi connectivity index (χ1v) is 9.63. The molecule has 0 amide bonds. The second kappa shape index (κ2) is 8.33. The summed E-state index contributed by atoms with van der Waals surface area (Å²) in [6.07, 6.45) is 6.94. The Morgan fingerprint density at radius 3 is 2.75 bits per heavy atom. The van der Waals surface area contributed by atoms with Gasteiger partial charge in [-0.2, -0.15) is 5.10 Å². The minimum atomic E-state index is -0.363. The molecule has 0 N–H and O–H groups in total. The smallest absolute Gasteiger partial charge is 0.330 e. The Kier molecular flexibility index (Phi) is 5.87. The van der Waals surface area contributed by atoms with E-state index in [1.54, 1.807) is 13.1 Å². The van der Waals surface area contributed by atoms with E-state index in [1.165, 1.54) is 6.08 Å². The molecule has 3 aromatic heterocycles. The third kappa shape index (κ3) is 3.81. The third-order valence-electron chi connectivity index (χ3n) is 4.56. The van der Waals surface area contributed by atoms with Gasteiger partial charge in [-0.05, 0) is 50.5 Å². The monoisotopic (exact) mass is 378 g/mol. The summed E-state index contributed by atoms with van der Waals surface area (Å²) in [5.41, 5.74) is 5.66. The molecule has 6 nitrogen and oxygen atoms in total. The molecule has 0 radical (unpaired) electrons. The van der Waals surface area contributed by atoms with E-state index in [1.807, 2.05) is 42.9 Å². The maximum atomic E-state index is 12.0. The van der Waals surface area contributed by atoms with Crippen LogP contribution in [0.25, 0.3) is 28.2 Å². The highest BCUT2D eigenvalue weighted by atomic mass is 16.5. The van der Waals surface area contributed by atoms with Crippen molar-refractivity contribution in [3.05, 3.63) is 47.6 Å². The van der Waals surface area contributed by atoms with Crippen molar-refractivity contribution >= 4 is 23.1 Å². The molecule has 0 atom stereocenters. The number of nitrogens with zero attached hydrogens (tertiary/aromatic N) is 4. The molecule has 0 aliphatic carbocycles. The maximum Gasteiger partial charge on any atom is 0.330 e. The van der Waals surface area contributed by atoms with Crippen LogP contribution in [0, 0.1) is 6.92 Å². The van der Waals surface area contributed by atoms with Crippen molar-refractivity contribution in [3.8, 4) is 11.1 Å². The van der Waals surface area contributed by atoms with Crippen LogP contribution in [0.1, 0.15) is 50.6 Å². The van der Waals surface area contributed by atoms with Gasteiger partial charge in [-0.25, -0.2) is 14.5 Å². The van der Waals surface area contributed by atoms with Crippen LogP contribution in [0.3, 0.4) is 0 Å². The highest BCUT2D eigenvalue weighted by molar-refractivity contribution is 5.99. The number of fused-ring (bicyclic) bond motifs is 1. The molecule has 28 heavy (non-hydrogen) atoms. The van der Waals surface area contributed by atoms with E-state index in [4.69, 9.17) is 9.72 Å². The summed E-state index contributed by atoms with van der Waals surface area (Å²) in [7, 11) is 0. The number of rotatable bonds is 6. The Balaban J connectivity index is 2.35. The molecular weight excluding hydrogens is 352 g/mol. The number of carbonyl (C=O) groups is 1. The SMILES string of the molecule is CCOC(=O)C=Cc1c(C(C)C)nc2c(cnn2CC)c1-c1ccnc(C)c1. The summed E-state index contributed by atoms with van der Waals surface area (Å²) in [4.78, 5) is 21.2. The van der Waals surface area contributed by atoms with Crippen molar-refractivity contribution in [2.45, 2.75) is 47.1 Å². The summed E-state index contributed by atoms with van der Waals surface area (Å²) in [6, 6.07) is 4.03. The highest BCUT2D eigenvalue weighted by Crippen LogP contribution is 2.36. The largest absolute Gasteiger partial charge is 0.463 e. The predicted molar refractivity (Wildman–Crippen MR) is 111 cm³/mol. The lowest BCUT2D eigenvalue weighted by molar-refractivity contribution is -0.137. The minimum absolute atomic E-state index is 0.174.